The zero-order valence-electron chi connectivity index (χ0n) is 9.82. The Morgan fingerprint density at radius 3 is 2.06 bits per heavy atom. The molecule has 1 atom stereocenters. The first kappa shape index (κ1) is 14.5. The number of aliphatic hydroxyl groups is 1. The van der Waals surface area contributed by atoms with Crippen molar-refractivity contribution in [2.75, 3.05) is 6.61 Å². The first-order valence-electron chi connectivity index (χ1n) is 5.49. The van der Waals surface area contributed by atoms with E-state index in [-0.39, 0.29) is 25.1 Å². The molecule has 0 saturated heterocycles. The smallest absolute Gasteiger partial charge is 0.127 e. The van der Waals surface area contributed by atoms with Crippen LogP contribution < -0.4 is 10.5 Å². The van der Waals surface area contributed by atoms with Gasteiger partial charge in [0, 0.05) is 0 Å². The fourth-order valence-electron chi connectivity index (χ4n) is 1.51. The molecular weight excluding hydrogens is 250 g/mol. The van der Waals surface area contributed by atoms with Crippen molar-refractivity contribution in [1.29, 1.82) is 0 Å². The molecule has 0 radical (unpaired) electrons. The third-order valence-electron chi connectivity index (χ3n) is 2.48. The van der Waals surface area contributed by atoms with Crippen LogP contribution in [0.5, 0.6) is 11.5 Å². The van der Waals surface area contributed by atoms with Gasteiger partial charge in [0.15, 0.2) is 0 Å². The Hall–Kier alpha value is -1.55. The Kier molecular flexibility index (Phi) is 5.65. The van der Waals surface area contributed by atoms with Crippen LogP contribution in [-0.2, 0) is 0 Å². The van der Waals surface area contributed by atoms with Crippen LogP contribution in [0.2, 0.25) is 0 Å². The lowest BCUT2D eigenvalue weighted by Crippen LogP contribution is -2.14. The number of halogens is 1. The summed E-state index contributed by atoms with van der Waals surface area (Å²) in [6, 6.07) is 16.7. The van der Waals surface area contributed by atoms with Crippen LogP contribution in [0, 0.1) is 0 Å². The predicted octanol–water partition coefficient (Wildman–Crippen LogP) is 2.89. The second-order valence-electron chi connectivity index (χ2n) is 3.77. The van der Waals surface area contributed by atoms with Crippen LogP contribution in [0.25, 0.3) is 0 Å². The quantitative estimate of drug-likeness (QED) is 0.894. The second kappa shape index (κ2) is 7.01. The molecule has 0 amide bonds. The van der Waals surface area contributed by atoms with Gasteiger partial charge in [-0.05, 0) is 29.8 Å². The van der Waals surface area contributed by atoms with E-state index < -0.39 is 0 Å². The molecule has 0 bridgehead atoms. The van der Waals surface area contributed by atoms with Gasteiger partial charge in [-0.2, -0.15) is 0 Å². The molecule has 0 heterocycles. The average molecular weight is 266 g/mol. The van der Waals surface area contributed by atoms with Crippen LogP contribution in [0.15, 0.2) is 54.6 Å². The Morgan fingerprint density at radius 2 is 1.50 bits per heavy atom. The van der Waals surface area contributed by atoms with Crippen molar-refractivity contribution in [2.24, 2.45) is 5.73 Å². The summed E-state index contributed by atoms with van der Waals surface area (Å²) in [5.74, 6) is 1.55. The van der Waals surface area contributed by atoms with Gasteiger partial charge < -0.3 is 15.6 Å². The van der Waals surface area contributed by atoms with E-state index in [1.807, 2.05) is 54.6 Å². The van der Waals surface area contributed by atoms with Crippen molar-refractivity contribution in [2.45, 2.75) is 6.04 Å². The summed E-state index contributed by atoms with van der Waals surface area (Å²) in [5, 5.41) is 8.94. The molecule has 0 fully saturated rings. The lowest BCUT2D eigenvalue weighted by atomic mass is 10.1. The highest BCUT2D eigenvalue weighted by Gasteiger charge is 2.04. The number of ether oxygens (including phenoxy) is 1. The van der Waals surface area contributed by atoms with Crippen molar-refractivity contribution in [1.82, 2.24) is 0 Å². The number of rotatable bonds is 4. The minimum Gasteiger partial charge on any atom is -0.457 e. The molecule has 2 aromatic carbocycles. The van der Waals surface area contributed by atoms with Crippen molar-refractivity contribution in [3.05, 3.63) is 60.2 Å². The largest absolute Gasteiger partial charge is 0.457 e. The molecule has 0 spiro atoms. The molecule has 2 aromatic rings. The number of nitrogens with two attached hydrogens (primary N) is 1. The zero-order chi connectivity index (χ0) is 12.1. The van der Waals surface area contributed by atoms with Gasteiger partial charge in [0.1, 0.15) is 11.5 Å². The summed E-state index contributed by atoms with van der Waals surface area (Å²) in [5.41, 5.74) is 6.60. The van der Waals surface area contributed by atoms with Crippen LogP contribution in [0.3, 0.4) is 0 Å². The summed E-state index contributed by atoms with van der Waals surface area (Å²) >= 11 is 0. The molecule has 0 aliphatic carbocycles. The molecule has 0 unspecified atom stereocenters. The van der Waals surface area contributed by atoms with Gasteiger partial charge in [-0.15, -0.1) is 12.4 Å². The third kappa shape index (κ3) is 3.74. The summed E-state index contributed by atoms with van der Waals surface area (Å²) in [6.45, 7) is -0.0567. The number of hydrogen-bond donors (Lipinski definition) is 2. The maximum absolute atomic E-state index is 8.94. The summed E-state index contributed by atoms with van der Waals surface area (Å²) in [4.78, 5) is 0. The van der Waals surface area contributed by atoms with Crippen molar-refractivity contribution in [3.8, 4) is 11.5 Å². The van der Waals surface area contributed by atoms with Crippen LogP contribution in [0.1, 0.15) is 11.6 Å². The number of aliphatic hydroxyl groups excluding tert-OH is 1. The maximum atomic E-state index is 8.94. The van der Waals surface area contributed by atoms with E-state index in [1.165, 1.54) is 0 Å². The molecule has 2 rings (SSSR count). The molecule has 0 aliphatic rings. The van der Waals surface area contributed by atoms with Crippen molar-refractivity contribution >= 4 is 12.4 Å². The molecule has 0 saturated carbocycles. The van der Waals surface area contributed by atoms with E-state index in [9.17, 15) is 0 Å². The molecule has 18 heavy (non-hydrogen) atoms. The van der Waals surface area contributed by atoms with E-state index in [0.29, 0.717) is 0 Å². The van der Waals surface area contributed by atoms with E-state index in [0.717, 1.165) is 17.1 Å². The minimum atomic E-state index is -0.333. The van der Waals surface area contributed by atoms with Gasteiger partial charge in [-0.3, -0.25) is 0 Å². The van der Waals surface area contributed by atoms with Gasteiger partial charge >= 0.3 is 0 Å². The van der Waals surface area contributed by atoms with E-state index in [2.05, 4.69) is 0 Å². The van der Waals surface area contributed by atoms with Crippen LogP contribution in [0.4, 0.5) is 0 Å². The first-order valence-corrected chi connectivity index (χ1v) is 5.49. The van der Waals surface area contributed by atoms with Gasteiger partial charge in [-0.1, -0.05) is 30.3 Å². The number of para-hydroxylation sites is 1. The highest BCUT2D eigenvalue weighted by atomic mass is 35.5. The zero-order valence-corrected chi connectivity index (χ0v) is 10.6. The molecule has 3 N–H and O–H groups in total. The fraction of sp³-hybridized carbons (Fsp3) is 0.143. The molecular formula is C14H16ClNO2. The van der Waals surface area contributed by atoms with Crippen LogP contribution in [-0.4, -0.2) is 11.7 Å². The molecule has 4 heteroatoms. The average Bonchev–Trinajstić information content (AvgIpc) is 2.40. The number of hydrogen-bond acceptors (Lipinski definition) is 3. The summed E-state index contributed by atoms with van der Waals surface area (Å²) in [6.07, 6.45) is 0. The van der Waals surface area contributed by atoms with Gasteiger partial charge in [0.2, 0.25) is 0 Å². The van der Waals surface area contributed by atoms with E-state index in [1.54, 1.807) is 0 Å². The lowest BCUT2D eigenvalue weighted by Gasteiger charge is -2.10. The van der Waals surface area contributed by atoms with Gasteiger partial charge in [0.05, 0.1) is 12.6 Å². The van der Waals surface area contributed by atoms with Gasteiger partial charge in [0.25, 0.3) is 0 Å². The second-order valence-corrected chi connectivity index (χ2v) is 3.77. The normalized spacial score (nSPS) is 11.4. The third-order valence-corrected chi connectivity index (χ3v) is 2.48. The minimum absolute atomic E-state index is 0. The topological polar surface area (TPSA) is 55.5 Å². The Labute approximate surface area is 113 Å². The Balaban J connectivity index is 0.00000162. The highest BCUT2D eigenvalue weighted by Crippen LogP contribution is 2.22. The number of benzene rings is 2. The predicted molar refractivity (Wildman–Crippen MR) is 74.2 cm³/mol. The fourth-order valence-corrected chi connectivity index (χ4v) is 1.51. The SMILES string of the molecule is Cl.N[C@H](CO)c1ccc(Oc2ccccc2)cc1. The molecule has 96 valence electrons. The lowest BCUT2D eigenvalue weighted by molar-refractivity contribution is 0.268. The van der Waals surface area contributed by atoms with E-state index >= 15 is 0 Å². The standard InChI is InChI=1S/C14H15NO2.ClH/c15-14(10-16)11-6-8-13(9-7-11)17-12-4-2-1-3-5-12;/h1-9,14,16H,10,15H2;1H/t14-;/m1./s1. The molecule has 3 nitrogen and oxygen atoms in total. The molecule has 0 aliphatic heterocycles. The highest BCUT2D eigenvalue weighted by molar-refractivity contribution is 5.85. The van der Waals surface area contributed by atoms with Crippen molar-refractivity contribution < 1.29 is 9.84 Å². The Morgan fingerprint density at radius 1 is 0.944 bits per heavy atom. The van der Waals surface area contributed by atoms with Gasteiger partial charge in [-0.25, -0.2) is 0 Å². The van der Waals surface area contributed by atoms with Crippen molar-refractivity contribution in [3.63, 3.8) is 0 Å². The van der Waals surface area contributed by atoms with E-state index in [4.69, 9.17) is 15.6 Å². The maximum Gasteiger partial charge on any atom is 0.127 e. The van der Waals surface area contributed by atoms with Crippen LogP contribution >= 0.6 is 12.4 Å². The monoisotopic (exact) mass is 265 g/mol. The Bertz CT molecular complexity index is 459. The summed E-state index contributed by atoms with van der Waals surface area (Å²) < 4.78 is 5.64. The summed E-state index contributed by atoms with van der Waals surface area (Å²) in [7, 11) is 0. The molecule has 0 aromatic heterocycles. The first-order chi connectivity index (χ1) is 8.29.